The number of carbonyl (C=O) groups excluding carboxylic acids is 2. The highest BCUT2D eigenvalue weighted by atomic mass is 32.1. The summed E-state index contributed by atoms with van der Waals surface area (Å²) in [4.78, 5) is 26.7. The van der Waals surface area contributed by atoms with Gasteiger partial charge >= 0.3 is 0 Å². The van der Waals surface area contributed by atoms with Crippen LogP contribution in [0.15, 0.2) is 18.2 Å². The maximum Gasteiger partial charge on any atom is 0.228 e. The van der Waals surface area contributed by atoms with E-state index in [1.807, 2.05) is 26.0 Å². The van der Waals surface area contributed by atoms with Gasteiger partial charge in [0, 0.05) is 0 Å². The number of ether oxygens (including phenoxy) is 1. The number of ketones is 1. The number of carboxylic acid groups (broad SMARTS) is 1. The van der Waals surface area contributed by atoms with Gasteiger partial charge in [0.05, 0.1) is 16.5 Å². The fraction of sp³-hybridized carbons (Fsp3) is 0.267. The summed E-state index contributed by atoms with van der Waals surface area (Å²) in [6.07, 6.45) is 0. The zero-order chi connectivity index (χ0) is 15.6. The van der Waals surface area contributed by atoms with Crippen LogP contribution in [0.2, 0.25) is 0 Å². The van der Waals surface area contributed by atoms with E-state index in [0.717, 1.165) is 22.5 Å². The number of hydrogen-bond acceptors (Lipinski definition) is 6. The number of nitrogens with zero attached hydrogens (tertiary/aromatic N) is 1. The van der Waals surface area contributed by atoms with Crippen LogP contribution in [0.25, 0.3) is 0 Å². The zero-order valence-electron chi connectivity index (χ0n) is 11.9. The number of Topliss-reactive ketones (excluding diaryl/α,β-unsaturated/α-hetero) is 1. The molecule has 1 heterocycles. The van der Waals surface area contributed by atoms with Crippen LogP contribution in [0.5, 0.6) is 5.75 Å². The van der Waals surface area contributed by atoms with Gasteiger partial charge in [-0.15, -0.1) is 11.3 Å². The largest absolute Gasteiger partial charge is 0.544 e. The molecule has 0 fully saturated rings. The number of rotatable bonds is 5. The van der Waals surface area contributed by atoms with Crippen molar-refractivity contribution in [2.75, 3.05) is 6.61 Å². The third-order valence-corrected chi connectivity index (χ3v) is 4.25. The number of hydrogen-bond donors (Lipinski definition) is 0. The molecular formula is C15H14NO4S-. The summed E-state index contributed by atoms with van der Waals surface area (Å²) in [7, 11) is 0. The SMILES string of the molecule is Cc1ccc(OCC(=O)c2nc(C)c(C(=O)[O-])s2)cc1C. The van der Waals surface area contributed by atoms with Crippen molar-refractivity contribution in [2.24, 2.45) is 0 Å². The molecule has 0 atom stereocenters. The Morgan fingerprint density at radius 1 is 1.24 bits per heavy atom. The van der Waals surface area contributed by atoms with E-state index in [0.29, 0.717) is 5.75 Å². The van der Waals surface area contributed by atoms with Crippen molar-refractivity contribution in [3.05, 3.63) is 44.9 Å². The van der Waals surface area contributed by atoms with Crippen LogP contribution in [0, 0.1) is 20.8 Å². The summed E-state index contributed by atoms with van der Waals surface area (Å²) < 4.78 is 5.42. The monoisotopic (exact) mass is 304 g/mol. The smallest absolute Gasteiger partial charge is 0.228 e. The molecule has 0 bridgehead atoms. The van der Waals surface area contributed by atoms with Crippen LogP contribution in [0.1, 0.15) is 36.3 Å². The third-order valence-electron chi connectivity index (χ3n) is 3.07. The van der Waals surface area contributed by atoms with Crippen molar-refractivity contribution in [1.82, 2.24) is 4.98 Å². The molecule has 0 spiro atoms. The molecule has 0 saturated carbocycles. The van der Waals surface area contributed by atoms with Crippen LogP contribution in [-0.4, -0.2) is 23.3 Å². The molecule has 0 aliphatic rings. The van der Waals surface area contributed by atoms with Gasteiger partial charge in [0.25, 0.3) is 0 Å². The first kappa shape index (κ1) is 15.2. The van der Waals surface area contributed by atoms with E-state index in [2.05, 4.69) is 4.98 Å². The highest BCUT2D eigenvalue weighted by Crippen LogP contribution is 2.19. The van der Waals surface area contributed by atoms with E-state index in [1.54, 1.807) is 6.07 Å². The van der Waals surface area contributed by atoms with Gasteiger partial charge in [-0.1, -0.05) is 6.07 Å². The molecule has 1 aromatic carbocycles. The van der Waals surface area contributed by atoms with Gasteiger partial charge in [0.2, 0.25) is 5.78 Å². The molecule has 21 heavy (non-hydrogen) atoms. The molecule has 6 heteroatoms. The normalized spacial score (nSPS) is 10.4. The predicted molar refractivity (Wildman–Crippen MR) is 76.9 cm³/mol. The molecule has 0 aliphatic carbocycles. The van der Waals surface area contributed by atoms with E-state index < -0.39 is 5.97 Å². The zero-order valence-corrected chi connectivity index (χ0v) is 12.7. The van der Waals surface area contributed by atoms with Crippen molar-refractivity contribution in [3.8, 4) is 5.75 Å². The maximum absolute atomic E-state index is 12.0. The number of carboxylic acids is 1. The Morgan fingerprint density at radius 2 is 1.95 bits per heavy atom. The molecule has 0 radical (unpaired) electrons. The summed E-state index contributed by atoms with van der Waals surface area (Å²) in [5.74, 6) is -1.08. The number of benzene rings is 1. The molecule has 0 N–H and O–H groups in total. The van der Waals surface area contributed by atoms with Crippen LogP contribution in [-0.2, 0) is 0 Å². The first-order valence-electron chi connectivity index (χ1n) is 6.30. The number of aromatic nitrogens is 1. The van der Waals surface area contributed by atoms with E-state index in [-0.39, 0.29) is 28.0 Å². The summed E-state index contributed by atoms with van der Waals surface area (Å²) in [5.41, 5.74) is 2.50. The van der Waals surface area contributed by atoms with E-state index in [9.17, 15) is 14.7 Å². The topological polar surface area (TPSA) is 79.3 Å². The average molecular weight is 304 g/mol. The second kappa shape index (κ2) is 6.05. The van der Waals surface area contributed by atoms with E-state index in [1.165, 1.54) is 6.92 Å². The fourth-order valence-corrected chi connectivity index (χ4v) is 2.54. The minimum absolute atomic E-state index is 0.0236. The predicted octanol–water partition coefficient (Wildman–Crippen LogP) is 1.69. The van der Waals surface area contributed by atoms with Crippen molar-refractivity contribution < 1.29 is 19.4 Å². The van der Waals surface area contributed by atoms with Gasteiger partial charge in [-0.2, -0.15) is 0 Å². The molecule has 0 unspecified atom stereocenters. The molecule has 2 rings (SSSR count). The minimum atomic E-state index is -1.32. The molecule has 0 amide bonds. The van der Waals surface area contributed by atoms with Crippen molar-refractivity contribution in [2.45, 2.75) is 20.8 Å². The molecule has 0 aliphatic heterocycles. The Balaban J connectivity index is 2.06. The Hall–Kier alpha value is -2.21. The summed E-state index contributed by atoms with van der Waals surface area (Å²) in [6.45, 7) is 5.30. The second-order valence-electron chi connectivity index (χ2n) is 4.68. The highest BCUT2D eigenvalue weighted by Gasteiger charge is 2.15. The lowest BCUT2D eigenvalue weighted by atomic mass is 10.1. The Bertz CT molecular complexity index is 706. The van der Waals surface area contributed by atoms with Gasteiger partial charge in [-0.3, -0.25) is 4.79 Å². The fourth-order valence-electron chi connectivity index (χ4n) is 1.72. The van der Waals surface area contributed by atoms with Crippen molar-refractivity contribution in [1.29, 1.82) is 0 Å². The van der Waals surface area contributed by atoms with Crippen LogP contribution >= 0.6 is 11.3 Å². The summed E-state index contributed by atoms with van der Waals surface area (Å²) in [6, 6.07) is 5.55. The van der Waals surface area contributed by atoms with Gasteiger partial charge in [-0.25, -0.2) is 4.98 Å². The van der Waals surface area contributed by atoms with E-state index >= 15 is 0 Å². The first-order chi connectivity index (χ1) is 9.88. The number of thiazole rings is 1. The van der Waals surface area contributed by atoms with Gasteiger partial charge < -0.3 is 14.6 Å². The Morgan fingerprint density at radius 3 is 2.52 bits per heavy atom. The first-order valence-corrected chi connectivity index (χ1v) is 7.12. The van der Waals surface area contributed by atoms with E-state index in [4.69, 9.17) is 4.74 Å². The lowest BCUT2D eigenvalue weighted by Crippen LogP contribution is -2.21. The Kier molecular flexibility index (Phi) is 4.37. The molecule has 1 aromatic heterocycles. The second-order valence-corrected chi connectivity index (χ2v) is 5.68. The lowest BCUT2D eigenvalue weighted by Gasteiger charge is -2.06. The van der Waals surface area contributed by atoms with Gasteiger partial charge in [0.1, 0.15) is 5.75 Å². The van der Waals surface area contributed by atoms with Crippen LogP contribution < -0.4 is 9.84 Å². The molecule has 0 saturated heterocycles. The summed E-state index contributed by atoms with van der Waals surface area (Å²) >= 11 is 0.814. The van der Waals surface area contributed by atoms with Crippen LogP contribution in [0.4, 0.5) is 0 Å². The molecule has 110 valence electrons. The van der Waals surface area contributed by atoms with Gasteiger partial charge in [0.15, 0.2) is 11.6 Å². The van der Waals surface area contributed by atoms with Crippen LogP contribution in [0.3, 0.4) is 0 Å². The Labute approximate surface area is 126 Å². The van der Waals surface area contributed by atoms with Crippen molar-refractivity contribution >= 4 is 23.1 Å². The average Bonchev–Trinajstić information content (AvgIpc) is 2.82. The number of aryl methyl sites for hydroxylation is 3. The lowest BCUT2D eigenvalue weighted by molar-refractivity contribution is -0.254. The highest BCUT2D eigenvalue weighted by molar-refractivity contribution is 7.15. The maximum atomic E-state index is 12.0. The standard InChI is InChI=1S/C15H15NO4S/c1-8-4-5-11(6-9(8)2)20-7-12(17)14-16-10(3)13(21-14)15(18)19/h4-6H,7H2,1-3H3,(H,18,19)/p-1. The van der Waals surface area contributed by atoms with Crippen molar-refractivity contribution in [3.63, 3.8) is 0 Å². The summed E-state index contributed by atoms with van der Waals surface area (Å²) in [5, 5.41) is 10.9. The number of aromatic carboxylic acids is 1. The third kappa shape index (κ3) is 3.46. The molecule has 5 nitrogen and oxygen atoms in total. The molecular weight excluding hydrogens is 290 g/mol. The minimum Gasteiger partial charge on any atom is -0.544 e. The quantitative estimate of drug-likeness (QED) is 0.785. The molecule has 2 aromatic rings. The number of carbonyl (C=O) groups is 2. The van der Waals surface area contributed by atoms with Gasteiger partial charge in [-0.05, 0) is 44.0 Å².